The van der Waals surface area contributed by atoms with E-state index in [1.54, 1.807) is 30.3 Å². The second-order valence-electron chi connectivity index (χ2n) is 7.03. The van der Waals surface area contributed by atoms with Crippen LogP contribution in [-0.4, -0.2) is 35.4 Å². The molecule has 0 unspecified atom stereocenters. The van der Waals surface area contributed by atoms with Crippen LogP contribution in [0.2, 0.25) is 0 Å². The third-order valence-electron chi connectivity index (χ3n) is 4.66. The lowest BCUT2D eigenvalue weighted by molar-refractivity contribution is -0.113. The van der Waals surface area contributed by atoms with E-state index in [0.29, 0.717) is 28.5 Å². The van der Waals surface area contributed by atoms with E-state index in [0.717, 1.165) is 18.4 Å². The Hall–Kier alpha value is -2.69. The van der Waals surface area contributed by atoms with E-state index in [-0.39, 0.29) is 22.3 Å². The monoisotopic (exact) mass is 460 g/mol. The highest BCUT2D eigenvalue weighted by Crippen LogP contribution is 2.27. The van der Waals surface area contributed by atoms with Crippen LogP contribution in [0.1, 0.15) is 37.0 Å². The fourth-order valence-corrected chi connectivity index (χ4v) is 4.50. The first-order chi connectivity index (χ1) is 14.7. The molecule has 3 rings (SSSR count). The van der Waals surface area contributed by atoms with Gasteiger partial charge in [-0.3, -0.25) is 9.59 Å². The summed E-state index contributed by atoms with van der Waals surface area (Å²) in [6, 6.07) is 11.4. The largest absolute Gasteiger partial charge is 0.325 e. The van der Waals surface area contributed by atoms with Crippen LogP contribution in [0.3, 0.4) is 0 Å². The number of rotatable bonds is 9. The molecule has 0 saturated heterocycles. The van der Waals surface area contributed by atoms with Crippen molar-refractivity contribution in [3.05, 3.63) is 48.0 Å². The van der Waals surface area contributed by atoms with Crippen molar-refractivity contribution in [1.29, 1.82) is 0 Å². The van der Waals surface area contributed by atoms with Crippen LogP contribution in [-0.2, 0) is 21.4 Å². The van der Waals surface area contributed by atoms with E-state index in [1.807, 2.05) is 4.57 Å². The number of nitrogens with one attached hydrogen (secondary N) is 1. The molecule has 1 amide bonds. The third kappa shape index (κ3) is 5.52. The minimum atomic E-state index is -3.83. The first-order valence-electron chi connectivity index (χ1n) is 9.76. The van der Waals surface area contributed by atoms with Crippen LogP contribution in [0.5, 0.6) is 0 Å². The Bertz CT molecular complexity index is 1240. The number of ketones is 1. The van der Waals surface area contributed by atoms with Gasteiger partial charge >= 0.3 is 0 Å². The summed E-state index contributed by atoms with van der Waals surface area (Å²) >= 11 is 1.25. The highest BCUT2D eigenvalue weighted by atomic mass is 32.2. The fourth-order valence-electron chi connectivity index (χ4n) is 3.12. The Morgan fingerprint density at radius 2 is 1.94 bits per heavy atom. The van der Waals surface area contributed by atoms with Crippen molar-refractivity contribution in [3.8, 4) is 0 Å². The van der Waals surface area contributed by atoms with Crippen molar-refractivity contribution in [2.45, 2.75) is 43.3 Å². The van der Waals surface area contributed by atoms with Gasteiger partial charge in [-0.15, -0.1) is 0 Å². The van der Waals surface area contributed by atoms with Crippen LogP contribution in [0, 0.1) is 0 Å². The molecule has 1 heterocycles. The number of fused-ring (bicyclic) bond motifs is 1. The summed E-state index contributed by atoms with van der Waals surface area (Å²) in [5, 5.41) is 8.62. The number of Topliss-reactive ketones (excluding diaryl/α,β-unsaturated/α-hetero) is 1. The van der Waals surface area contributed by atoms with E-state index in [9.17, 15) is 18.0 Å². The zero-order valence-electron chi connectivity index (χ0n) is 17.3. The molecule has 31 heavy (non-hydrogen) atoms. The first-order valence-corrected chi connectivity index (χ1v) is 12.3. The minimum Gasteiger partial charge on any atom is -0.325 e. The number of primary sulfonamides is 1. The maximum atomic E-state index is 12.5. The lowest BCUT2D eigenvalue weighted by Crippen LogP contribution is -2.16. The van der Waals surface area contributed by atoms with E-state index < -0.39 is 10.0 Å². The third-order valence-corrected chi connectivity index (χ3v) is 6.55. The number of aryl methyl sites for hydroxylation is 1. The second kappa shape index (κ2) is 9.63. The molecule has 3 N–H and O–H groups in total. The van der Waals surface area contributed by atoms with Gasteiger partial charge in [0, 0.05) is 12.1 Å². The molecule has 3 aromatic rings. The lowest BCUT2D eigenvalue weighted by Gasteiger charge is -2.10. The van der Waals surface area contributed by atoms with E-state index in [4.69, 9.17) is 5.14 Å². The summed E-state index contributed by atoms with van der Waals surface area (Å²) in [7, 11) is -3.83. The Balaban J connectivity index is 1.83. The second-order valence-corrected chi connectivity index (χ2v) is 9.54. The van der Waals surface area contributed by atoms with Crippen molar-refractivity contribution in [2.75, 3.05) is 11.1 Å². The Morgan fingerprint density at radius 3 is 2.61 bits per heavy atom. The summed E-state index contributed by atoms with van der Waals surface area (Å²) in [4.78, 5) is 28.8. The summed E-state index contributed by atoms with van der Waals surface area (Å²) < 4.78 is 25.3. The molecule has 1 aromatic heterocycles. The van der Waals surface area contributed by atoms with Crippen LogP contribution in [0.4, 0.5) is 5.69 Å². The fraction of sp³-hybridized carbons (Fsp3) is 0.286. The van der Waals surface area contributed by atoms with Crippen LogP contribution in [0.25, 0.3) is 11.0 Å². The summed E-state index contributed by atoms with van der Waals surface area (Å²) in [5.74, 6) is -0.308. The van der Waals surface area contributed by atoms with Gasteiger partial charge in [0.05, 0.1) is 27.4 Å². The van der Waals surface area contributed by atoms with Gasteiger partial charge in [0.1, 0.15) is 0 Å². The number of hydrogen-bond donors (Lipinski definition) is 2. The quantitative estimate of drug-likeness (QED) is 0.372. The van der Waals surface area contributed by atoms with Gasteiger partial charge in [-0.25, -0.2) is 18.5 Å². The Morgan fingerprint density at radius 1 is 1.19 bits per heavy atom. The van der Waals surface area contributed by atoms with E-state index in [1.165, 1.54) is 30.8 Å². The molecule has 8 nitrogen and oxygen atoms in total. The zero-order valence-corrected chi connectivity index (χ0v) is 18.9. The SMILES string of the molecule is CCCCn1c(SCC(=O)Nc2ccccc2C(C)=O)nc2cc(S(N)(=O)=O)ccc21. The average molecular weight is 461 g/mol. The molecule has 10 heteroatoms. The van der Waals surface area contributed by atoms with Crippen molar-refractivity contribution in [1.82, 2.24) is 9.55 Å². The number of para-hydroxylation sites is 1. The molecule has 0 spiro atoms. The molecule has 164 valence electrons. The number of nitrogens with two attached hydrogens (primary N) is 1. The van der Waals surface area contributed by atoms with Crippen molar-refractivity contribution in [3.63, 3.8) is 0 Å². The number of thioether (sulfide) groups is 1. The van der Waals surface area contributed by atoms with Crippen molar-refractivity contribution < 1.29 is 18.0 Å². The number of hydrogen-bond acceptors (Lipinski definition) is 6. The maximum absolute atomic E-state index is 12.5. The number of amides is 1. The molecule has 0 saturated carbocycles. The summed E-state index contributed by atoms with van der Waals surface area (Å²) in [6.07, 6.45) is 1.88. The summed E-state index contributed by atoms with van der Waals surface area (Å²) in [5.41, 5.74) is 2.21. The number of sulfonamides is 1. The molecule has 2 aromatic carbocycles. The van der Waals surface area contributed by atoms with Crippen LogP contribution >= 0.6 is 11.8 Å². The highest BCUT2D eigenvalue weighted by Gasteiger charge is 2.17. The van der Waals surface area contributed by atoms with Crippen LogP contribution in [0.15, 0.2) is 52.5 Å². The van der Waals surface area contributed by atoms with Crippen molar-refractivity contribution >= 4 is 50.2 Å². The van der Waals surface area contributed by atoms with Gasteiger partial charge in [0.15, 0.2) is 10.9 Å². The molecular formula is C21H24N4O4S2. The molecule has 0 fully saturated rings. The first kappa shape index (κ1) is 23.0. The topological polar surface area (TPSA) is 124 Å². The molecular weight excluding hydrogens is 436 g/mol. The number of aromatic nitrogens is 2. The normalized spacial score (nSPS) is 11.6. The van der Waals surface area contributed by atoms with Gasteiger partial charge in [-0.1, -0.05) is 37.2 Å². The molecule has 0 aliphatic heterocycles. The van der Waals surface area contributed by atoms with E-state index in [2.05, 4.69) is 17.2 Å². The Kier molecular flexibility index (Phi) is 7.14. The van der Waals surface area contributed by atoms with Crippen molar-refractivity contribution in [2.24, 2.45) is 5.14 Å². The zero-order chi connectivity index (χ0) is 22.6. The molecule has 0 bridgehead atoms. The Labute approximate surface area is 185 Å². The number of carbonyl (C=O) groups is 2. The summed E-state index contributed by atoms with van der Waals surface area (Å²) in [6.45, 7) is 4.22. The van der Waals surface area contributed by atoms with Gasteiger partial charge < -0.3 is 9.88 Å². The number of benzene rings is 2. The predicted octanol–water partition coefficient (Wildman–Crippen LogP) is 3.42. The predicted molar refractivity (Wildman–Crippen MR) is 122 cm³/mol. The molecule has 0 radical (unpaired) electrons. The lowest BCUT2D eigenvalue weighted by atomic mass is 10.1. The van der Waals surface area contributed by atoms with Crippen LogP contribution < -0.4 is 10.5 Å². The maximum Gasteiger partial charge on any atom is 0.238 e. The number of unbranched alkanes of at least 4 members (excludes halogenated alkanes) is 1. The van der Waals surface area contributed by atoms with Gasteiger partial charge in [0.2, 0.25) is 15.9 Å². The number of carbonyl (C=O) groups excluding carboxylic acids is 2. The van der Waals surface area contributed by atoms with Gasteiger partial charge in [-0.05, 0) is 43.7 Å². The molecule has 0 aliphatic carbocycles. The van der Waals surface area contributed by atoms with E-state index >= 15 is 0 Å². The molecule has 0 aliphatic rings. The minimum absolute atomic E-state index is 0.00438. The number of nitrogens with zero attached hydrogens (tertiary/aromatic N) is 2. The molecule has 0 atom stereocenters. The number of imidazole rings is 1. The standard InChI is InChI=1S/C21H24N4O4S2/c1-3-4-11-25-19-10-9-15(31(22,28)29)12-18(19)24-21(25)30-13-20(27)23-17-8-6-5-7-16(17)14(2)26/h5-10,12H,3-4,11,13H2,1-2H3,(H,23,27)(H2,22,28,29). The smallest absolute Gasteiger partial charge is 0.238 e. The number of anilines is 1. The highest BCUT2D eigenvalue weighted by molar-refractivity contribution is 7.99. The van der Waals surface area contributed by atoms with Gasteiger partial charge in [-0.2, -0.15) is 0 Å². The van der Waals surface area contributed by atoms with Gasteiger partial charge in [0.25, 0.3) is 0 Å². The average Bonchev–Trinajstić information content (AvgIpc) is 3.07.